The van der Waals surface area contributed by atoms with Gasteiger partial charge >= 0.3 is 17.9 Å². The molecule has 71 heavy (non-hydrogen) atoms. The van der Waals surface area contributed by atoms with E-state index in [1.54, 1.807) is 13.8 Å². The van der Waals surface area contributed by atoms with Gasteiger partial charge in [-0.2, -0.15) is 0 Å². The van der Waals surface area contributed by atoms with Gasteiger partial charge in [0.25, 0.3) is 0 Å². The lowest BCUT2D eigenvalue weighted by Gasteiger charge is -2.36. The van der Waals surface area contributed by atoms with Crippen LogP contribution in [0.1, 0.15) is 129 Å². The summed E-state index contributed by atoms with van der Waals surface area (Å²) in [5.74, 6) is -2.67. The second kappa shape index (κ2) is 31.0. The highest BCUT2D eigenvalue weighted by atomic mass is 16.6. The molecule has 0 aromatic carbocycles. The minimum atomic E-state index is -1.88. The quantitative estimate of drug-likeness (QED) is 0.0370. The third kappa shape index (κ3) is 22.5. The lowest BCUT2D eigenvalue weighted by atomic mass is 9.71. The normalized spacial score (nSPS) is 21.0. The minimum absolute atomic E-state index is 0.0234. The molecule has 0 spiro atoms. The molecule has 0 saturated carbocycles. The second-order valence-electron chi connectivity index (χ2n) is 19.3. The molecule has 0 amide bonds. The van der Waals surface area contributed by atoms with Gasteiger partial charge < -0.3 is 44.5 Å². The number of aliphatic hydroxyl groups excluding tert-OH is 5. The molecule has 6 atom stereocenters. The zero-order valence-electron chi connectivity index (χ0n) is 44.1. The van der Waals surface area contributed by atoms with Gasteiger partial charge in [-0.1, -0.05) is 135 Å². The van der Waals surface area contributed by atoms with Crippen molar-refractivity contribution >= 4 is 35.3 Å². The molecule has 0 saturated heterocycles. The average molecular weight is 989 g/mol. The average Bonchev–Trinajstić information content (AvgIpc) is 3.30. The first-order valence-electron chi connectivity index (χ1n) is 24.0. The zero-order valence-corrected chi connectivity index (χ0v) is 44.1. The Balaban J connectivity index is 0.000000876. The zero-order chi connectivity index (χ0) is 54.2. The lowest BCUT2D eigenvalue weighted by molar-refractivity contribution is -0.161. The number of hydrogen-bond donors (Lipinski definition) is 5. The standard InChI is InChI=1S/C37H52O10.C20H28O4/c1-8-12-24(2)13-9-10-14-25(3)15-11-16-26(4)17-18-28-27(5)34(43)31(21-37(28,6)7)47-33(42)20-19-32(41)46-23-30(40)36(45)35(44)29(39)22-38;1-7-13(2)8-10-16-15(4)19(23)17(12-20(16,5)6)24-18(22)11-9-14(3)21/h8-18,29-31,35-36,38-40,44-45H,19-23H2,1-7H3;7-8,10,17H,9,11-12H2,1-6H3/b10-9+,12-8+,15-11+,18-17+,24-13+,25-14+,26-16+;10-8+,13-7+. The molecule has 0 bridgehead atoms. The summed E-state index contributed by atoms with van der Waals surface area (Å²) in [6.45, 7) is 23.4. The highest BCUT2D eigenvalue weighted by Gasteiger charge is 2.41. The van der Waals surface area contributed by atoms with Crippen LogP contribution in [-0.4, -0.2) is 111 Å². The maximum Gasteiger partial charge on any atom is 0.307 e. The van der Waals surface area contributed by atoms with Crippen LogP contribution in [0.5, 0.6) is 0 Å². The van der Waals surface area contributed by atoms with Crippen LogP contribution in [0.4, 0.5) is 0 Å². The molecule has 6 unspecified atom stereocenters. The van der Waals surface area contributed by atoms with Crippen molar-refractivity contribution in [2.45, 2.75) is 165 Å². The number of allylic oxidation sites excluding steroid dienone is 20. The van der Waals surface area contributed by atoms with E-state index in [9.17, 15) is 49.2 Å². The fraction of sp³-hybridized carbons (Fsp3) is 0.509. The molecule has 2 rings (SSSR count). The van der Waals surface area contributed by atoms with Crippen molar-refractivity contribution in [3.63, 3.8) is 0 Å². The van der Waals surface area contributed by atoms with E-state index in [0.717, 1.165) is 27.9 Å². The van der Waals surface area contributed by atoms with Crippen LogP contribution < -0.4 is 0 Å². The maximum atomic E-state index is 13.1. The van der Waals surface area contributed by atoms with Gasteiger partial charge in [-0.05, 0) is 95.4 Å². The van der Waals surface area contributed by atoms with E-state index in [2.05, 4.69) is 0 Å². The van der Waals surface area contributed by atoms with Gasteiger partial charge in [0.1, 0.15) is 36.8 Å². The van der Waals surface area contributed by atoms with Crippen molar-refractivity contribution in [1.82, 2.24) is 0 Å². The molecule has 14 nitrogen and oxygen atoms in total. The Bertz CT molecular complexity index is 2230. The molecule has 0 heterocycles. The fourth-order valence-electron chi connectivity index (χ4n) is 7.54. The highest BCUT2D eigenvalue weighted by Crippen LogP contribution is 2.42. The van der Waals surface area contributed by atoms with Crippen LogP contribution >= 0.6 is 0 Å². The predicted octanol–water partition coefficient (Wildman–Crippen LogP) is 8.16. The molecule has 14 heteroatoms. The van der Waals surface area contributed by atoms with Crippen molar-refractivity contribution in [2.75, 3.05) is 13.2 Å². The summed E-state index contributed by atoms with van der Waals surface area (Å²) in [4.78, 5) is 73.0. The topological polar surface area (TPSA) is 231 Å². The van der Waals surface area contributed by atoms with Gasteiger partial charge in [-0.25, -0.2) is 0 Å². The third-order valence-corrected chi connectivity index (χ3v) is 11.9. The van der Waals surface area contributed by atoms with E-state index in [0.29, 0.717) is 17.6 Å². The lowest BCUT2D eigenvalue weighted by Crippen LogP contribution is -2.47. The summed E-state index contributed by atoms with van der Waals surface area (Å²) in [5.41, 5.74) is 6.56. The number of ether oxygens (including phenoxy) is 3. The molecular formula is C57H80O14. The summed E-state index contributed by atoms with van der Waals surface area (Å²) < 4.78 is 15.6. The molecule has 0 aliphatic heterocycles. The number of ketones is 3. The number of rotatable bonds is 23. The number of carbonyl (C=O) groups excluding carboxylic acids is 6. The van der Waals surface area contributed by atoms with E-state index < -0.39 is 79.6 Å². The van der Waals surface area contributed by atoms with E-state index in [1.807, 2.05) is 154 Å². The van der Waals surface area contributed by atoms with Crippen molar-refractivity contribution in [2.24, 2.45) is 10.8 Å². The molecule has 2 aliphatic rings. The van der Waals surface area contributed by atoms with Crippen LogP contribution in [-0.2, 0) is 43.0 Å². The van der Waals surface area contributed by atoms with Crippen LogP contribution in [0.15, 0.2) is 130 Å². The predicted molar refractivity (Wildman–Crippen MR) is 275 cm³/mol. The van der Waals surface area contributed by atoms with E-state index in [-0.39, 0.29) is 48.4 Å². The second-order valence-corrected chi connectivity index (χ2v) is 19.3. The number of aliphatic hydroxyl groups is 5. The Morgan fingerprint density at radius 3 is 1.45 bits per heavy atom. The summed E-state index contributed by atoms with van der Waals surface area (Å²) >= 11 is 0. The van der Waals surface area contributed by atoms with Crippen molar-refractivity contribution in [3.8, 4) is 0 Å². The number of esters is 3. The molecule has 392 valence electrons. The van der Waals surface area contributed by atoms with E-state index in [4.69, 9.17) is 19.3 Å². The largest absolute Gasteiger partial charge is 0.463 e. The van der Waals surface area contributed by atoms with Crippen LogP contribution in [0.25, 0.3) is 0 Å². The van der Waals surface area contributed by atoms with E-state index >= 15 is 0 Å². The molecule has 0 aromatic heterocycles. The van der Waals surface area contributed by atoms with Crippen molar-refractivity contribution in [3.05, 3.63) is 130 Å². The Morgan fingerprint density at radius 2 is 1.00 bits per heavy atom. The minimum Gasteiger partial charge on any atom is -0.463 e. The Labute approximate surface area is 421 Å². The monoisotopic (exact) mass is 989 g/mol. The van der Waals surface area contributed by atoms with Gasteiger partial charge in [0.15, 0.2) is 23.8 Å². The fourth-order valence-corrected chi connectivity index (χ4v) is 7.54. The summed E-state index contributed by atoms with van der Waals surface area (Å²) in [6, 6.07) is 0. The molecule has 5 N–H and O–H groups in total. The summed E-state index contributed by atoms with van der Waals surface area (Å²) in [6.07, 6.45) is 19.0. The number of Topliss-reactive ketones (excluding diaryl/α,β-unsaturated/α-hetero) is 3. The highest BCUT2D eigenvalue weighted by molar-refractivity contribution is 6.02. The first-order chi connectivity index (χ1) is 33.1. The Kier molecular flexibility index (Phi) is 27.6. The van der Waals surface area contributed by atoms with Crippen molar-refractivity contribution < 1.29 is 68.5 Å². The molecular weight excluding hydrogens is 909 g/mol. The van der Waals surface area contributed by atoms with Gasteiger partial charge in [-0.3, -0.25) is 24.0 Å². The van der Waals surface area contributed by atoms with Crippen molar-refractivity contribution in [1.29, 1.82) is 0 Å². The van der Waals surface area contributed by atoms with Crippen LogP contribution in [0, 0.1) is 10.8 Å². The van der Waals surface area contributed by atoms with Gasteiger partial charge in [-0.15, -0.1) is 0 Å². The summed E-state index contributed by atoms with van der Waals surface area (Å²) in [7, 11) is 0. The SMILES string of the molecule is C/C=C(C)/C=C/C1=C(C)C(=O)C(OC(=O)CCC(C)=O)CC1(C)C.C/C=C/C(C)=C/C=C/C=C(C)/C=C/C=C(C)/C=C/C1=C(C)C(=O)C(OC(=O)CCC(=O)OCC(O)C(O)C(O)C(O)CO)CC1(C)C. The third-order valence-electron chi connectivity index (χ3n) is 11.9. The first-order valence-corrected chi connectivity index (χ1v) is 24.0. The van der Waals surface area contributed by atoms with E-state index in [1.165, 1.54) is 12.5 Å². The smallest absolute Gasteiger partial charge is 0.307 e. The Morgan fingerprint density at radius 1 is 0.592 bits per heavy atom. The molecule has 0 radical (unpaired) electrons. The molecule has 0 fully saturated rings. The number of hydrogen-bond acceptors (Lipinski definition) is 14. The van der Waals surface area contributed by atoms with Gasteiger partial charge in [0.05, 0.1) is 25.9 Å². The first kappa shape index (κ1) is 63.4. The van der Waals surface area contributed by atoms with Crippen LogP contribution in [0.3, 0.4) is 0 Å². The molecule has 2 aliphatic carbocycles. The maximum absolute atomic E-state index is 13.1. The summed E-state index contributed by atoms with van der Waals surface area (Å²) in [5, 5.41) is 47.5. The number of carbonyl (C=O) groups is 6. The molecule has 0 aromatic rings. The van der Waals surface area contributed by atoms with Gasteiger partial charge in [0.2, 0.25) is 0 Å². The Hall–Kier alpha value is -5.64. The van der Waals surface area contributed by atoms with Crippen LogP contribution in [0.2, 0.25) is 0 Å². The van der Waals surface area contributed by atoms with Gasteiger partial charge in [0, 0.05) is 19.3 Å².